The summed E-state index contributed by atoms with van der Waals surface area (Å²) >= 11 is 0. The van der Waals surface area contributed by atoms with Gasteiger partial charge in [0.05, 0.1) is 6.54 Å². The fraction of sp³-hybridized carbons (Fsp3) is 0.846. The minimum atomic E-state index is 0.684. The highest BCUT2D eigenvalue weighted by atomic mass is 16.5. The number of nitrogens with zero attached hydrogens (tertiary/aromatic N) is 3. The number of aryl methyl sites for hydroxylation is 1. The Morgan fingerprint density at radius 2 is 2.22 bits per heavy atom. The maximum atomic E-state index is 5.32. The largest absolute Gasteiger partial charge is 0.338 e. The van der Waals surface area contributed by atoms with Crippen molar-refractivity contribution in [3.05, 3.63) is 11.7 Å². The zero-order chi connectivity index (χ0) is 12.8. The van der Waals surface area contributed by atoms with Gasteiger partial charge in [-0.1, -0.05) is 19.0 Å². The van der Waals surface area contributed by atoms with E-state index in [0.717, 1.165) is 57.3 Å². The average Bonchev–Trinajstić information content (AvgIpc) is 2.62. The molecule has 0 aromatic carbocycles. The maximum Gasteiger partial charge on any atom is 0.240 e. The van der Waals surface area contributed by atoms with E-state index in [4.69, 9.17) is 4.52 Å². The van der Waals surface area contributed by atoms with Crippen molar-refractivity contribution >= 4 is 0 Å². The Hall–Kier alpha value is -0.940. The van der Waals surface area contributed by atoms with Crippen molar-refractivity contribution < 1.29 is 4.52 Å². The fourth-order valence-electron chi connectivity index (χ4n) is 2.12. The van der Waals surface area contributed by atoms with Crippen molar-refractivity contribution in [2.45, 2.75) is 39.7 Å². The topological polar surface area (TPSA) is 54.2 Å². The number of nitrogens with one attached hydrogen (secondary N) is 1. The molecule has 0 atom stereocenters. The van der Waals surface area contributed by atoms with E-state index in [1.54, 1.807) is 0 Å². The summed E-state index contributed by atoms with van der Waals surface area (Å²) in [5.41, 5.74) is 0. The van der Waals surface area contributed by atoms with Crippen LogP contribution in [0, 0.1) is 5.92 Å². The second-order valence-electron chi connectivity index (χ2n) is 5.42. The summed E-state index contributed by atoms with van der Waals surface area (Å²) in [7, 11) is 0. The molecule has 0 saturated carbocycles. The van der Waals surface area contributed by atoms with E-state index in [1.165, 1.54) is 6.42 Å². The molecule has 5 nitrogen and oxygen atoms in total. The van der Waals surface area contributed by atoms with Crippen LogP contribution in [0.2, 0.25) is 0 Å². The standard InChI is InChI=1S/C13H24N4O/c1-11(2)4-5-12-15-13(18-16-12)10-17-8-3-6-14-7-9-17/h11,14H,3-10H2,1-2H3. The molecule has 1 fully saturated rings. The maximum absolute atomic E-state index is 5.32. The summed E-state index contributed by atoms with van der Waals surface area (Å²) in [6.07, 6.45) is 3.23. The predicted molar refractivity (Wildman–Crippen MR) is 70.2 cm³/mol. The van der Waals surface area contributed by atoms with Gasteiger partial charge >= 0.3 is 0 Å². The molecule has 1 aliphatic heterocycles. The van der Waals surface area contributed by atoms with E-state index in [0.29, 0.717) is 5.92 Å². The van der Waals surface area contributed by atoms with Gasteiger partial charge in [0.2, 0.25) is 5.89 Å². The molecule has 18 heavy (non-hydrogen) atoms. The monoisotopic (exact) mass is 252 g/mol. The lowest BCUT2D eigenvalue weighted by molar-refractivity contribution is 0.238. The first kappa shape index (κ1) is 13.5. The second kappa shape index (κ2) is 6.85. The summed E-state index contributed by atoms with van der Waals surface area (Å²) in [6.45, 7) is 9.54. The lowest BCUT2D eigenvalue weighted by atomic mass is 10.1. The Bertz CT molecular complexity index is 343. The number of aromatic nitrogens is 2. The average molecular weight is 252 g/mol. The fourth-order valence-corrected chi connectivity index (χ4v) is 2.12. The number of hydrogen-bond acceptors (Lipinski definition) is 5. The van der Waals surface area contributed by atoms with Gasteiger partial charge in [-0.25, -0.2) is 0 Å². The van der Waals surface area contributed by atoms with Gasteiger partial charge in [-0.2, -0.15) is 4.98 Å². The summed E-state index contributed by atoms with van der Waals surface area (Å²) in [6, 6.07) is 0. The van der Waals surface area contributed by atoms with E-state index in [2.05, 4.69) is 34.2 Å². The molecule has 0 bridgehead atoms. The van der Waals surface area contributed by atoms with Gasteiger partial charge in [-0.15, -0.1) is 0 Å². The zero-order valence-corrected chi connectivity index (χ0v) is 11.5. The summed E-state index contributed by atoms with van der Waals surface area (Å²) < 4.78 is 5.32. The van der Waals surface area contributed by atoms with Crippen LogP contribution in [0.25, 0.3) is 0 Å². The number of rotatable bonds is 5. The van der Waals surface area contributed by atoms with Crippen LogP contribution in [0.5, 0.6) is 0 Å². The van der Waals surface area contributed by atoms with Gasteiger partial charge in [0.15, 0.2) is 5.82 Å². The molecule has 1 saturated heterocycles. The molecule has 2 rings (SSSR count). The highest BCUT2D eigenvalue weighted by Crippen LogP contribution is 2.08. The predicted octanol–water partition coefficient (Wildman–Crippen LogP) is 1.45. The Kier molecular flexibility index (Phi) is 5.13. The third kappa shape index (κ3) is 4.38. The molecular formula is C13H24N4O. The normalized spacial score (nSPS) is 18.2. The quantitative estimate of drug-likeness (QED) is 0.859. The van der Waals surface area contributed by atoms with Gasteiger partial charge in [-0.3, -0.25) is 4.90 Å². The molecule has 0 radical (unpaired) electrons. The summed E-state index contributed by atoms with van der Waals surface area (Å²) in [5.74, 6) is 2.30. The lowest BCUT2D eigenvalue weighted by Crippen LogP contribution is -2.27. The van der Waals surface area contributed by atoms with E-state index < -0.39 is 0 Å². The first-order valence-electron chi connectivity index (χ1n) is 6.98. The smallest absolute Gasteiger partial charge is 0.240 e. The molecule has 0 amide bonds. The van der Waals surface area contributed by atoms with Crippen LogP contribution >= 0.6 is 0 Å². The molecule has 1 N–H and O–H groups in total. The third-order valence-corrected chi connectivity index (χ3v) is 3.25. The molecule has 1 aromatic heterocycles. The van der Waals surface area contributed by atoms with Gasteiger partial charge in [0.1, 0.15) is 0 Å². The SMILES string of the molecule is CC(C)CCc1noc(CN2CCCNCC2)n1. The van der Waals surface area contributed by atoms with Crippen LogP contribution in [0.4, 0.5) is 0 Å². The van der Waals surface area contributed by atoms with Crippen LogP contribution in [0.1, 0.15) is 38.4 Å². The minimum Gasteiger partial charge on any atom is -0.338 e. The van der Waals surface area contributed by atoms with Crippen molar-refractivity contribution in [1.82, 2.24) is 20.4 Å². The molecule has 2 heterocycles. The molecule has 1 aliphatic rings. The van der Waals surface area contributed by atoms with Crippen LogP contribution in [-0.2, 0) is 13.0 Å². The Morgan fingerprint density at radius 3 is 3.06 bits per heavy atom. The van der Waals surface area contributed by atoms with Crippen LogP contribution in [-0.4, -0.2) is 41.2 Å². The van der Waals surface area contributed by atoms with Crippen molar-refractivity contribution in [1.29, 1.82) is 0 Å². The summed E-state index contributed by atoms with van der Waals surface area (Å²) in [4.78, 5) is 6.84. The molecule has 0 spiro atoms. The molecule has 1 aromatic rings. The zero-order valence-electron chi connectivity index (χ0n) is 11.5. The summed E-state index contributed by atoms with van der Waals surface area (Å²) in [5, 5.41) is 7.44. The van der Waals surface area contributed by atoms with Crippen molar-refractivity contribution in [3.63, 3.8) is 0 Å². The Balaban J connectivity index is 1.81. The van der Waals surface area contributed by atoms with Crippen LogP contribution in [0.15, 0.2) is 4.52 Å². The molecule has 102 valence electrons. The molecule has 0 unspecified atom stereocenters. The third-order valence-electron chi connectivity index (χ3n) is 3.25. The highest BCUT2D eigenvalue weighted by Gasteiger charge is 2.13. The van der Waals surface area contributed by atoms with E-state index in [1.807, 2.05) is 0 Å². The molecule has 0 aliphatic carbocycles. The van der Waals surface area contributed by atoms with Crippen LogP contribution in [0.3, 0.4) is 0 Å². The van der Waals surface area contributed by atoms with E-state index in [-0.39, 0.29) is 0 Å². The van der Waals surface area contributed by atoms with E-state index in [9.17, 15) is 0 Å². The lowest BCUT2D eigenvalue weighted by Gasteiger charge is -2.16. The first-order valence-corrected chi connectivity index (χ1v) is 6.98. The Labute approximate surface area is 109 Å². The van der Waals surface area contributed by atoms with Gasteiger partial charge in [0.25, 0.3) is 0 Å². The second-order valence-corrected chi connectivity index (χ2v) is 5.42. The van der Waals surface area contributed by atoms with E-state index >= 15 is 0 Å². The number of hydrogen-bond donors (Lipinski definition) is 1. The Morgan fingerprint density at radius 1 is 1.33 bits per heavy atom. The van der Waals surface area contributed by atoms with Crippen LogP contribution < -0.4 is 5.32 Å². The molecule has 5 heteroatoms. The highest BCUT2D eigenvalue weighted by molar-refractivity contribution is 4.87. The minimum absolute atomic E-state index is 0.684. The van der Waals surface area contributed by atoms with Crippen molar-refractivity contribution in [2.24, 2.45) is 5.92 Å². The van der Waals surface area contributed by atoms with Gasteiger partial charge in [-0.05, 0) is 31.8 Å². The van der Waals surface area contributed by atoms with Crippen molar-refractivity contribution in [3.8, 4) is 0 Å². The van der Waals surface area contributed by atoms with Crippen molar-refractivity contribution in [2.75, 3.05) is 26.2 Å². The molecular weight excluding hydrogens is 228 g/mol. The van der Waals surface area contributed by atoms with Gasteiger partial charge in [0, 0.05) is 19.5 Å². The first-order chi connectivity index (χ1) is 8.74. The van der Waals surface area contributed by atoms with Gasteiger partial charge < -0.3 is 9.84 Å².